The van der Waals surface area contributed by atoms with Gasteiger partial charge in [0, 0.05) is 6.54 Å². The van der Waals surface area contributed by atoms with E-state index in [0.717, 1.165) is 0 Å². The molecule has 108 valence electrons. The molecule has 2 heterocycles. The fraction of sp³-hybridized carbons (Fsp3) is 0.583. The smallest absolute Gasteiger partial charge is 0.190 e. The molecular weight excluding hydrogens is 300 g/mol. The third-order valence-corrected chi connectivity index (χ3v) is 3.69. The van der Waals surface area contributed by atoms with Crippen LogP contribution in [0.2, 0.25) is 5.15 Å². The van der Waals surface area contributed by atoms with Gasteiger partial charge in [-0.15, -0.1) is 0 Å². The molecule has 1 aromatic rings. The molecule has 0 bridgehead atoms. The van der Waals surface area contributed by atoms with Crippen LogP contribution in [0, 0.1) is 11.3 Å². The summed E-state index contributed by atoms with van der Waals surface area (Å²) in [7, 11) is 0. The lowest BCUT2D eigenvalue weighted by Crippen LogP contribution is -2.42. The second kappa shape index (κ2) is 6.14. The Morgan fingerprint density at radius 1 is 1.55 bits per heavy atom. The predicted molar refractivity (Wildman–Crippen MR) is 77.2 cm³/mol. The van der Waals surface area contributed by atoms with Gasteiger partial charge in [0.05, 0.1) is 19.8 Å². The molecule has 0 unspecified atom stereocenters. The number of halogens is 1. The first-order chi connectivity index (χ1) is 9.46. The van der Waals surface area contributed by atoms with Crippen LogP contribution in [0.15, 0.2) is 5.16 Å². The fourth-order valence-corrected chi connectivity index (χ4v) is 2.62. The normalized spacial score (nSPS) is 23.2. The molecule has 0 saturated carbocycles. The molecule has 0 aliphatic carbocycles. The minimum atomic E-state index is -1.000. The minimum absolute atomic E-state index is 0.131. The van der Waals surface area contributed by atoms with Crippen molar-refractivity contribution >= 4 is 29.2 Å². The first kappa shape index (κ1) is 15.3. The zero-order valence-corrected chi connectivity index (χ0v) is 12.8. The van der Waals surface area contributed by atoms with Crippen molar-refractivity contribution in [1.29, 1.82) is 5.26 Å². The number of aromatic nitrogens is 2. The summed E-state index contributed by atoms with van der Waals surface area (Å²) in [5, 5.41) is 20.1. The Morgan fingerprint density at radius 2 is 2.30 bits per heavy atom. The van der Waals surface area contributed by atoms with E-state index in [0.29, 0.717) is 30.7 Å². The van der Waals surface area contributed by atoms with Gasteiger partial charge in [0.2, 0.25) is 0 Å². The van der Waals surface area contributed by atoms with Gasteiger partial charge in [-0.05, 0) is 13.2 Å². The molecule has 0 radical (unpaired) electrons. The van der Waals surface area contributed by atoms with E-state index in [9.17, 15) is 10.4 Å². The maximum Gasteiger partial charge on any atom is 0.190 e. The Kier molecular flexibility index (Phi) is 4.70. The van der Waals surface area contributed by atoms with Gasteiger partial charge in [-0.25, -0.2) is 9.97 Å². The van der Waals surface area contributed by atoms with Gasteiger partial charge in [-0.2, -0.15) is 5.26 Å². The molecule has 0 spiro atoms. The van der Waals surface area contributed by atoms with Crippen molar-refractivity contribution < 1.29 is 9.84 Å². The van der Waals surface area contributed by atoms with Crippen LogP contribution in [0.1, 0.15) is 12.5 Å². The van der Waals surface area contributed by atoms with E-state index in [1.807, 2.05) is 17.2 Å². The van der Waals surface area contributed by atoms with E-state index in [1.54, 1.807) is 6.92 Å². The summed E-state index contributed by atoms with van der Waals surface area (Å²) in [6.07, 6.45) is 1.84. The highest BCUT2D eigenvalue weighted by Gasteiger charge is 2.30. The molecule has 8 heteroatoms. The number of anilines is 1. The molecule has 1 aromatic heterocycles. The second-order valence-corrected chi connectivity index (χ2v) is 5.91. The Balaban J connectivity index is 2.44. The molecule has 6 nitrogen and oxygen atoms in total. The molecule has 20 heavy (non-hydrogen) atoms. The zero-order chi connectivity index (χ0) is 14.8. The third-order valence-electron chi connectivity index (χ3n) is 2.87. The number of nitriles is 1. The molecule has 1 aliphatic rings. The summed E-state index contributed by atoms with van der Waals surface area (Å²) >= 11 is 7.39. The van der Waals surface area contributed by atoms with Crippen molar-refractivity contribution in [3.63, 3.8) is 0 Å². The molecule has 1 atom stereocenters. The van der Waals surface area contributed by atoms with Crippen LogP contribution in [-0.2, 0) is 4.74 Å². The summed E-state index contributed by atoms with van der Waals surface area (Å²) in [5.41, 5.74) is -0.776. The molecule has 0 amide bonds. The number of thioether (sulfide) groups is 1. The van der Waals surface area contributed by atoms with Crippen molar-refractivity contribution in [2.75, 3.05) is 37.5 Å². The lowest BCUT2D eigenvalue weighted by atomic mass is 10.1. The van der Waals surface area contributed by atoms with Gasteiger partial charge in [0.15, 0.2) is 16.1 Å². The summed E-state index contributed by atoms with van der Waals surface area (Å²) in [6, 6.07) is 2.03. The predicted octanol–water partition coefficient (Wildman–Crippen LogP) is 1.31. The quantitative estimate of drug-likeness (QED) is 0.500. The summed E-state index contributed by atoms with van der Waals surface area (Å²) in [4.78, 5) is 10.2. The monoisotopic (exact) mass is 314 g/mol. The van der Waals surface area contributed by atoms with Gasteiger partial charge in [0.1, 0.15) is 17.2 Å². The Hall–Kier alpha value is -1.07. The average Bonchev–Trinajstić information content (AvgIpc) is 2.58. The number of aliphatic hydroxyl groups is 1. The molecule has 2 rings (SSSR count). The number of β-amino-alcohol motifs (C(OH)–C–C–N with tert-alkyl or cyclic N) is 1. The second-order valence-electron chi connectivity index (χ2n) is 4.78. The van der Waals surface area contributed by atoms with Crippen LogP contribution < -0.4 is 4.90 Å². The molecular formula is C12H15ClN4O2S. The van der Waals surface area contributed by atoms with E-state index >= 15 is 0 Å². The molecule has 1 saturated heterocycles. The highest BCUT2D eigenvalue weighted by Crippen LogP contribution is 2.28. The Bertz CT molecular complexity index is 547. The van der Waals surface area contributed by atoms with Crippen LogP contribution in [-0.4, -0.2) is 53.2 Å². The molecule has 0 aromatic carbocycles. The maximum absolute atomic E-state index is 10.2. The average molecular weight is 315 g/mol. The lowest BCUT2D eigenvalue weighted by Gasteiger charge is -2.28. The van der Waals surface area contributed by atoms with Crippen LogP contribution in [0.4, 0.5) is 5.82 Å². The SMILES string of the molecule is CSc1nc(Cl)c(C#N)c(N2CCOC[C@](C)(O)C2)n1. The van der Waals surface area contributed by atoms with Crippen LogP contribution in [0.5, 0.6) is 0 Å². The van der Waals surface area contributed by atoms with Gasteiger partial charge < -0.3 is 14.7 Å². The summed E-state index contributed by atoms with van der Waals surface area (Å²) in [6.45, 7) is 3.25. The van der Waals surface area contributed by atoms with Crippen LogP contribution >= 0.6 is 23.4 Å². The van der Waals surface area contributed by atoms with Crippen molar-refractivity contribution in [3.05, 3.63) is 10.7 Å². The Morgan fingerprint density at radius 3 is 2.95 bits per heavy atom. The van der Waals surface area contributed by atoms with E-state index in [4.69, 9.17) is 16.3 Å². The fourth-order valence-electron chi connectivity index (χ4n) is 2.00. The van der Waals surface area contributed by atoms with Crippen LogP contribution in [0.25, 0.3) is 0 Å². The van der Waals surface area contributed by atoms with Gasteiger partial charge in [0.25, 0.3) is 0 Å². The third kappa shape index (κ3) is 3.33. The number of rotatable bonds is 2. The van der Waals surface area contributed by atoms with Crippen molar-refractivity contribution in [2.45, 2.75) is 17.7 Å². The van der Waals surface area contributed by atoms with E-state index < -0.39 is 5.60 Å². The first-order valence-corrected chi connectivity index (χ1v) is 7.64. The molecule has 1 fully saturated rings. The summed E-state index contributed by atoms with van der Waals surface area (Å²) in [5.74, 6) is 0.447. The van der Waals surface area contributed by atoms with E-state index in [-0.39, 0.29) is 17.3 Å². The van der Waals surface area contributed by atoms with Crippen molar-refractivity contribution in [3.8, 4) is 6.07 Å². The number of hydrogen-bond acceptors (Lipinski definition) is 7. The van der Waals surface area contributed by atoms with Gasteiger partial charge in [-0.1, -0.05) is 23.4 Å². The zero-order valence-electron chi connectivity index (χ0n) is 11.3. The highest BCUT2D eigenvalue weighted by atomic mass is 35.5. The summed E-state index contributed by atoms with van der Waals surface area (Å²) < 4.78 is 5.37. The van der Waals surface area contributed by atoms with Gasteiger partial charge in [-0.3, -0.25) is 0 Å². The van der Waals surface area contributed by atoms with Gasteiger partial charge >= 0.3 is 0 Å². The van der Waals surface area contributed by atoms with E-state index in [1.165, 1.54) is 11.8 Å². The minimum Gasteiger partial charge on any atom is -0.386 e. The Labute approximate surface area is 126 Å². The number of nitrogens with zero attached hydrogens (tertiary/aromatic N) is 4. The molecule has 1 aliphatic heterocycles. The van der Waals surface area contributed by atoms with Crippen molar-refractivity contribution in [1.82, 2.24) is 9.97 Å². The van der Waals surface area contributed by atoms with E-state index in [2.05, 4.69) is 9.97 Å². The number of ether oxygens (including phenoxy) is 1. The van der Waals surface area contributed by atoms with Crippen molar-refractivity contribution in [2.24, 2.45) is 0 Å². The highest BCUT2D eigenvalue weighted by molar-refractivity contribution is 7.98. The topological polar surface area (TPSA) is 82.3 Å². The standard InChI is InChI=1S/C12H15ClN4O2S/c1-12(18)6-17(3-4-19-7-12)10-8(5-14)9(13)15-11(16-10)20-2/h18H,3-4,6-7H2,1-2H3/t12-/m1/s1. The first-order valence-electron chi connectivity index (χ1n) is 6.03. The lowest BCUT2D eigenvalue weighted by molar-refractivity contribution is -0.0123. The number of hydrogen-bond donors (Lipinski definition) is 1. The largest absolute Gasteiger partial charge is 0.386 e. The van der Waals surface area contributed by atoms with Crippen LogP contribution in [0.3, 0.4) is 0 Å². The molecule has 1 N–H and O–H groups in total. The maximum atomic E-state index is 10.2.